The van der Waals surface area contributed by atoms with Crippen LogP contribution in [0.5, 0.6) is 11.5 Å². The Labute approximate surface area is 175 Å². The van der Waals surface area contributed by atoms with Gasteiger partial charge in [0.2, 0.25) is 0 Å². The number of hydrogen-bond donors (Lipinski definition) is 2. The molecule has 2 aromatic carbocycles. The zero-order valence-corrected chi connectivity index (χ0v) is 17.1. The first-order valence-corrected chi connectivity index (χ1v) is 9.53. The minimum atomic E-state index is -0.395. The van der Waals surface area contributed by atoms with Crippen molar-refractivity contribution in [2.24, 2.45) is 5.92 Å². The number of hydrogen-bond acceptors (Lipinski definition) is 5. The third-order valence-corrected chi connectivity index (χ3v) is 4.13. The van der Waals surface area contributed by atoms with Gasteiger partial charge in [0.1, 0.15) is 11.5 Å². The fraction of sp³-hybridized carbons (Fsp3) is 0.217. The van der Waals surface area contributed by atoms with Crippen molar-refractivity contribution in [1.82, 2.24) is 0 Å². The van der Waals surface area contributed by atoms with E-state index in [4.69, 9.17) is 13.9 Å². The number of furan rings is 1. The second-order valence-electron chi connectivity index (χ2n) is 7.03. The Morgan fingerprint density at radius 2 is 1.83 bits per heavy atom. The summed E-state index contributed by atoms with van der Waals surface area (Å²) in [5, 5.41) is 5.55. The molecule has 30 heavy (non-hydrogen) atoms. The number of nitrogens with one attached hydrogen (secondary N) is 2. The van der Waals surface area contributed by atoms with Crippen molar-refractivity contribution in [3.8, 4) is 11.5 Å². The van der Waals surface area contributed by atoms with Crippen LogP contribution in [0.2, 0.25) is 0 Å². The first-order chi connectivity index (χ1) is 14.5. The molecule has 2 N–H and O–H groups in total. The van der Waals surface area contributed by atoms with E-state index in [1.54, 1.807) is 48.5 Å². The van der Waals surface area contributed by atoms with Crippen LogP contribution < -0.4 is 20.1 Å². The van der Waals surface area contributed by atoms with Crippen molar-refractivity contribution >= 4 is 23.2 Å². The van der Waals surface area contributed by atoms with Gasteiger partial charge in [-0.3, -0.25) is 9.59 Å². The molecule has 156 valence electrons. The van der Waals surface area contributed by atoms with Gasteiger partial charge in [0.25, 0.3) is 11.8 Å². The van der Waals surface area contributed by atoms with Crippen LogP contribution in [0.3, 0.4) is 0 Å². The van der Waals surface area contributed by atoms with Gasteiger partial charge >= 0.3 is 0 Å². The van der Waals surface area contributed by atoms with Gasteiger partial charge in [0, 0.05) is 17.3 Å². The molecule has 0 spiro atoms. The SMILES string of the molecule is COc1cc(NC(=O)c2cccc(OCC(C)C)c2)ccc1NC(=O)c1ccco1. The van der Waals surface area contributed by atoms with Crippen molar-refractivity contribution < 1.29 is 23.5 Å². The lowest BCUT2D eigenvalue weighted by Gasteiger charge is -2.13. The Kier molecular flexibility index (Phi) is 6.75. The van der Waals surface area contributed by atoms with Crippen LogP contribution in [0.15, 0.2) is 65.3 Å². The second-order valence-corrected chi connectivity index (χ2v) is 7.03. The Bertz CT molecular complexity index is 1010. The van der Waals surface area contributed by atoms with E-state index >= 15 is 0 Å². The van der Waals surface area contributed by atoms with Crippen LogP contribution in [0.25, 0.3) is 0 Å². The zero-order chi connectivity index (χ0) is 21.5. The number of rotatable bonds is 8. The monoisotopic (exact) mass is 408 g/mol. The van der Waals surface area contributed by atoms with Crippen molar-refractivity contribution in [3.05, 3.63) is 72.2 Å². The number of amides is 2. The summed E-state index contributed by atoms with van der Waals surface area (Å²) < 4.78 is 16.1. The quantitative estimate of drug-likeness (QED) is 0.557. The van der Waals surface area contributed by atoms with E-state index in [1.165, 1.54) is 13.4 Å². The van der Waals surface area contributed by atoms with Crippen LogP contribution in [-0.2, 0) is 0 Å². The van der Waals surface area contributed by atoms with Crippen LogP contribution in [-0.4, -0.2) is 25.5 Å². The van der Waals surface area contributed by atoms with Gasteiger partial charge in [0.15, 0.2) is 5.76 Å². The van der Waals surface area contributed by atoms with Gasteiger partial charge in [-0.2, -0.15) is 0 Å². The molecule has 0 radical (unpaired) electrons. The Morgan fingerprint density at radius 1 is 1.00 bits per heavy atom. The predicted octanol–water partition coefficient (Wildman–Crippen LogP) is 4.83. The van der Waals surface area contributed by atoms with Crippen molar-refractivity contribution in [3.63, 3.8) is 0 Å². The maximum absolute atomic E-state index is 12.6. The molecule has 0 atom stereocenters. The van der Waals surface area contributed by atoms with Gasteiger partial charge in [-0.25, -0.2) is 0 Å². The first kappa shape index (κ1) is 21.0. The zero-order valence-electron chi connectivity index (χ0n) is 17.1. The number of carbonyl (C=O) groups excluding carboxylic acids is 2. The molecule has 0 aliphatic heterocycles. The Balaban J connectivity index is 1.70. The van der Waals surface area contributed by atoms with E-state index in [1.807, 2.05) is 6.07 Å². The first-order valence-electron chi connectivity index (χ1n) is 9.53. The van der Waals surface area contributed by atoms with Crippen molar-refractivity contribution in [2.45, 2.75) is 13.8 Å². The second kappa shape index (κ2) is 9.65. The number of anilines is 2. The molecule has 7 nitrogen and oxygen atoms in total. The number of benzene rings is 2. The summed E-state index contributed by atoms with van der Waals surface area (Å²) >= 11 is 0. The summed E-state index contributed by atoms with van der Waals surface area (Å²) in [4.78, 5) is 24.8. The Morgan fingerprint density at radius 3 is 2.53 bits per heavy atom. The van der Waals surface area contributed by atoms with E-state index in [9.17, 15) is 9.59 Å². The lowest BCUT2D eigenvalue weighted by atomic mass is 10.2. The minimum absolute atomic E-state index is 0.189. The van der Waals surface area contributed by atoms with Crippen LogP contribution in [0, 0.1) is 5.92 Å². The van der Waals surface area contributed by atoms with Crippen LogP contribution >= 0.6 is 0 Å². The van der Waals surface area contributed by atoms with Gasteiger partial charge in [0.05, 0.1) is 25.7 Å². The van der Waals surface area contributed by atoms with Crippen LogP contribution in [0.1, 0.15) is 34.8 Å². The standard InChI is InChI=1S/C23H24N2O5/c1-15(2)14-30-18-7-4-6-16(12-18)22(26)24-17-9-10-19(21(13-17)28-3)25-23(27)20-8-5-11-29-20/h4-13,15H,14H2,1-3H3,(H,24,26)(H,25,27). The maximum atomic E-state index is 12.6. The summed E-state index contributed by atoms with van der Waals surface area (Å²) in [6.45, 7) is 4.70. The molecule has 2 amide bonds. The van der Waals surface area contributed by atoms with Gasteiger partial charge < -0.3 is 24.5 Å². The van der Waals surface area contributed by atoms with E-state index in [2.05, 4.69) is 24.5 Å². The molecule has 1 aromatic heterocycles. The third-order valence-electron chi connectivity index (χ3n) is 4.13. The smallest absolute Gasteiger partial charge is 0.291 e. The van der Waals surface area contributed by atoms with E-state index < -0.39 is 5.91 Å². The van der Waals surface area contributed by atoms with Gasteiger partial charge in [-0.15, -0.1) is 0 Å². The summed E-state index contributed by atoms with van der Waals surface area (Å²) in [6, 6.07) is 15.2. The molecule has 0 saturated heterocycles. The lowest BCUT2D eigenvalue weighted by Crippen LogP contribution is -2.14. The van der Waals surface area contributed by atoms with E-state index in [0.29, 0.717) is 41.0 Å². The predicted molar refractivity (Wildman–Crippen MR) is 114 cm³/mol. The molecule has 0 aliphatic rings. The van der Waals surface area contributed by atoms with Crippen LogP contribution in [0.4, 0.5) is 11.4 Å². The average Bonchev–Trinajstić information content (AvgIpc) is 3.28. The molecular formula is C23H24N2O5. The van der Waals surface area contributed by atoms with Gasteiger partial charge in [-0.05, 0) is 48.4 Å². The highest BCUT2D eigenvalue weighted by Crippen LogP contribution is 2.29. The summed E-state index contributed by atoms with van der Waals surface area (Å²) in [6.07, 6.45) is 1.42. The highest BCUT2D eigenvalue weighted by Gasteiger charge is 2.14. The molecule has 0 aliphatic carbocycles. The van der Waals surface area contributed by atoms with Crippen molar-refractivity contribution in [2.75, 3.05) is 24.4 Å². The lowest BCUT2D eigenvalue weighted by molar-refractivity contribution is 0.0994. The maximum Gasteiger partial charge on any atom is 0.291 e. The highest BCUT2D eigenvalue weighted by molar-refractivity contribution is 6.05. The Hall–Kier alpha value is -3.74. The molecule has 0 unspecified atom stereocenters. The normalized spacial score (nSPS) is 10.5. The molecular weight excluding hydrogens is 384 g/mol. The number of carbonyl (C=O) groups is 2. The topological polar surface area (TPSA) is 89.8 Å². The summed E-state index contributed by atoms with van der Waals surface area (Å²) in [5.41, 5.74) is 1.47. The number of ether oxygens (including phenoxy) is 2. The van der Waals surface area contributed by atoms with E-state index in [0.717, 1.165) is 0 Å². The highest BCUT2D eigenvalue weighted by atomic mass is 16.5. The minimum Gasteiger partial charge on any atom is -0.494 e. The molecule has 7 heteroatoms. The fourth-order valence-corrected chi connectivity index (χ4v) is 2.66. The average molecular weight is 408 g/mol. The number of methoxy groups -OCH3 is 1. The summed E-state index contributed by atoms with van der Waals surface area (Å²) in [5.74, 6) is 0.954. The molecule has 3 aromatic rings. The van der Waals surface area contributed by atoms with E-state index in [-0.39, 0.29) is 11.7 Å². The largest absolute Gasteiger partial charge is 0.494 e. The molecule has 0 bridgehead atoms. The fourth-order valence-electron chi connectivity index (χ4n) is 2.66. The summed E-state index contributed by atoms with van der Waals surface area (Å²) in [7, 11) is 1.49. The molecule has 3 rings (SSSR count). The van der Waals surface area contributed by atoms with Gasteiger partial charge in [-0.1, -0.05) is 19.9 Å². The third kappa shape index (κ3) is 5.41. The van der Waals surface area contributed by atoms with Crippen molar-refractivity contribution in [1.29, 1.82) is 0 Å². The molecule has 1 heterocycles. The molecule has 0 saturated carbocycles. The molecule has 0 fully saturated rings.